The average Bonchev–Trinajstić information content (AvgIpc) is 3.34. The van der Waals surface area contributed by atoms with Crippen LogP contribution in [0.3, 0.4) is 0 Å². The first-order chi connectivity index (χ1) is 34.1. The summed E-state index contributed by atoms with van der Waals surface area (Å²) in [5, 5.41) is 49.7. The number of nitriles is 6. The summed E-state index contributed by atoms with van der Waals surface area (Å²) in [6.07, 6.45) is 0. The maximum atomic E-state index is 12.7. The molecule has 0 heterocycles. The molecule has 0 spiro atoms. The van der Waals surface area contributed by atoms with Crippen molar-refractivity contribution in [1.29, 1.82) is 31.6 Å². The molecule has 0 amide bonds. The first-order valence-electron chi connectivity index (χ1n) is 17.7. The molecule has 6 rings (SSSR count). The van der Waals surface area contributed by atoms with E-state index in [9.17, 15) is 52.7 Å². The van der Waals surface area contributed by atoms with Crippen molar-refractivity contribution < 1.29 is 73.8 Å². The Morgan fingerprint density at radius 2 is 0.315 bits per heavy atom. The monoisotopic (exact) mass is 1170 g/mol. The van der Waals surface area contributed by atoms with Gasteiger partial charge in [-0.1, -0.05) is 0 Å². The van der Waals surface area contributed by atoms with Gasteiger partial charge in [0.1, 0.15) is 69.8 Å². The van der Waals surface area contributed by atoms with E-state index < -0.39 is 104 Å². The summed E-state index contributed by atoms with van der Waals surface area (Å²) in [4.78, 5) is 15.8. The summed E-state index contributed by atoms with van der Waals surface area (Å²) >= 11 is 0. The Labute approximate surface area is 418 Å². The third-order valence-corrected chi connectivity index (χ3v) is 7.55. The first kappa shape index (κ1) is 62.0. The van der Waals surface area contributed by atoms with Crippen LogP contribution in [-0.4, -0.2) is 0 Å². The molecule has 0 atom stereocenters. The zero-order chi connectivity index (χ0) is 54.8. The van der Waals surface area contributed by atoms with Crippen molar-refractivity contribution in [2.45, 2.75) is 0 Å². The maximum Gasteiger partial charge on any atom is 0.256 e. The number of hydrogen-bond acceptors (Lipinski definition) is 6. The zero-order valence-corrected chi connectivity index (χ0v) is 38.2. The summed E-state index contributed by atoms with van der Waals surface area (Å²) in [5.74, 6) is -12.0. The molecule has 0 saturated heterocycles. The molecule has 6 aromatic carbocycles. The molecule has 6 aromatic rings. The van der Waals surface area contributed by atoms with Crippen LogP contribution in [0.15, 0.2) is 72.8 Å². The zero-order valence-electron chi connectivity index (χ0n) is 35.2. The molecule has 0 unspecified atom stereocenters. The summed E-state index contributed by atoms with van der Waals surface area (Å²) < 4.78 is 152. The van der Waals surface area contributed by atoms with Crippen molar-refractivity contribution in [3.05, 3.63) is 244 Å². The molecule has 0 fully saturated rings. The number of hydrogen-bond donors (Lipinski definition) is 0. The minimum Gasteiger partial charge on any atom is -0.232 e. The van der Waals surface area contributed by atoms with Crippen LogP contribution in [0.5, 0.6) is 0 Å². The van der Waals surface area contributed by atoms with Gasteiger partial charge in [-0.05, 0) is 72.8 Å². The molecule has 0 saturated carbocycles. The predicted octanol–water partition coefficient (Wildman–Crippen LogP) is 14.3. The Bertz CT molecular complexity index is 2880. The second-order valence-electron chi connectivity index (χ2n) is 12.1. The van der Waals surface area contributed by atoms with Gasteiger partial charge in [-0.3, -0.25) is 0 Å². The normalized spacial score (nSPS) is 8.55. The van der Waals surface area contributed by atoms with Crippen molar-refractivity contribution in [2.75, 3.05) is 0 Å². The largest absolute Gasteiger partial charge is 0.256 e. The van der Waals surface area contributed by atoms with Crippen LogP contribution in [-0.2, 0) is 21.1 Å². The third kappa shape index (κ3) is 17.9. The van der Waals surface area contributed by atoms with Gasteiger partial charge < -0.3 is 0 Å². The number of benzene rings is 6. The predicted molar refractivity (Wildman–Crippen MR) is 224 cm³/mol. The Kier molecular flexibility index (Phi) is 25.9. The molecular weight excluding hydrogens is 1160 g/mol. The number of nitrogens with zero attached hydrogens (tertiary/aromatic N) is 12. The fourth-order valence-electron chi connectivity index (χ4n) is 4.42. The quantitative estimate of drug-likeness (QED) is 0.108. The van der Waals surface area contributed by atoms with Crippen molar-refractivity contribution in [3.63, 3.8) is 0 Å². The molecule has 0 radical (unpaired) electrons. The van der Waals surface area contributed by atoms with Gasteiger partial charge in [0.2, 0.25) is 0 Å². The Morgan fingerprint density at radius 3 is 0.370 bits per heavy atom. The van der Waals surface area contributed by atoms with Crippen molar-refractivity contribution in [3.8, 4) is 36.4 Å². The van der Waals surface area contributed by atoms with E-state index in [0.29, 0.717) is 0 Å². The van der Waals surface area contributed by atoms with E-state index >= 15 is 0 Å². The van der Waals surface area contributed by atoms with E-state index in [1.165, 1.54) is 0 Å². The second-order valence-corrected chi connectivity index (χ2v) is 12.1. The summed E-state index contributed by atoms with van der Waals surface area (Å²) in [7, 11) is 0. The fourth-order valence-corrected chi connectivity index (χ4v) is 4.42. The molecule has 0 aliphatic carbocycles. The SMILES string of the molecule is [C-]#[N+]c1c(F)cc(C#N)cc1F.[C-]#[N+]c1c(F)cc(C#N)cc1F.[C-]#[N+]c1c(F)cc(C#N)cc1F.[C-]#[N+]c1c(F)cc(C#N)cc1F.[C-]#[N+]c1c(F)cc(C#N)cc1F.[C-]#[N+]c1c(F)cc(C#N)cc1F.[W]. The Hall–Kier alpha value is -11.0. The second kappa shape index (κ2) is 30.4. The van der Waals surface area contributed by atoms with E-state index in [4.69, 9.17) is 71.0 Å². The topological polar surface area (TPSA) is 169 Å². The Morgan fingerprint density at radius 1 is 0.233 bits per heavy atom. The van der Waals surface area contributed by atoms with E-state index in [-0.39, 0.29) is 54.4 Å². The minimum atomic E-state index is -0.999. The van der Waals surface area contributed by atoms with Gasteiger partial charge >= 0.3 is 0 Å². The fraction of sp³-hybridized carbons (Fsp3) is 0. The van der Waals surface area contributed by atoms with E-state index in [2.05, 4.69) is 29.1 Å². The third-order valence-electron chi connectivity index (χ3n) is 7.55. The van der Waals surface area contributed by atoms with Crippen LogP contribution in [0.4, 0.5) is 86.8 Å². The molecule has 73 heavy (non-hydrogen) atoms. The molecular formula is C48H12F12N12W. The molecule has 0 aliphatic rings. The van der Waals surface area contributed by atoms with Crippen molar-refractivity contribution in [2.24, 2.45) is 0 Å². The van der Waals surface area contributed by atoms with Gasteiger partial charge in [0.15, 0.2) is 0 Å². The smallest absolute Gasteiger partial charge is 0.232 e. The Balaban J connectivity index is 0.000000850. The van der Waals surface area contributed by atoms with E-state index in [1.54, 1.807) is 36.4 Å². The van der Waals surface area contributed by atoms with Crippen molar-refractivity contribution >= 4 is 34.1 Å². The summed E-state index contributed by atoms with van der Waals surface area (Å²) in [6, 6.07) is 19.4. The average molecular weight is 1170 g/mol. The molecule has 0 aliphatic heterocycles. The minimum absolute atomic E-state index is 0. The molecule has 25 heteroatoms. The molecule has 0 bridgehead atoms. The van der Waals surface area contributed by atoms with Gasteiger partial charge in [0.25, 0.3) is 34.1 Å². The van der Waals surface area contributed by atoms with Gasteiger partial charge in [-0.25, -0.2) is 81.8 Å². The van der Waals surface area contributed by atoms with Gasteiger partial charge in [0, 0.05) is 21.1 Å². The van der Waals surface area contributed by atoms with E-state index in [0.717, 1.165) is 72.8 Å². The van der Waals surface area contributed by atoms with Crippen LogP contribution in [0, 0.1) is 177 Å². The molecule has 12 nitrogen and oxygen atoms in total. The molecule has 0 aromatic heterocycles. The number of rotatable bonds is 0. The first-order valence-corrected chi connectivity index (χ1v) is 17.7. The van der Waals surface area contributed by atoms with Crippen LogP contribution in [0.1, 0.15) is 33.4 Å². The summed E-state index contributed by atoms with van der Waals surface area (Å²) in [5.41, 5.74) is -4.80. The van der Waals surface area contributed by atoms with Crippen LogP contribution < -0.4 is 0 Å². The van der Waals surface area contributed by atoms with Crippen LogP contribution >= 0.6 is 0 Å². The molecule has 0 N–H and O–H groups in total. The number of halogens is 12. The standard InChI is InChI=1S/6C8H2F2N2.W/c6*1-12-8-6(9)2-5(4-11)3-7(8)10;/h6*2-3H;. The maximum absolute atomic E-state index is 12.7. The van der Waals surface area contributed by atoms with Crippen molar-refractivity contribution in [1.82, 2.24) is 0 Å². The molecule has 354 valence electrons. The van der Waals surface area contributed by atoms with E-state index in [1.807, 2.05) is 0 Å². The van der Waals surface area contributed by atoms with Gasteiger partial charge in [0.05, 0.1) is 109 Å². The van der Waals surface area contributed by atoms with Crippen LogP contribution in [0.2, 0.25) is 0 Å². The van der Waals surface area contributed by atoms with Gasteiger partial charge in [-0.2, -0.15) is 31.6 Å². The van der Waals surface area contributed by atoms with Crippen LogP contribution in [0.25, 0.3) is 29.1 Å². The van der Waals surface area contributed by atoms with Gasteiger partial charge in [-0.15, -0.1) is 0 Å². The summed E-state index contributed by atoms with van der Waals surface area (Å²) in [6.45, 7) is 38.5.